The summed E-state index contributed by atoms with van der Waals surface area (Å²) in [5.74, 6) is -1.61. The van der Waals surface area contributed by atoms with Crippen molar-refractivity contribution in [2.45, 2.75) is 26.4 Å². The molecule has 0 aliphatic carbocycles. The fourth-order valence-corrected chi connectivity index (χ4v) is 3.43. The van der Waals surface area contributed by atoms with Crippen molar-refractivity contribution in [1.29, 1.82) is 0 Å². The number of hydrogen-bond acceptors (Lipinski definition) is 6. The number of methoxy groups -OCH3 is 2. The first-order chi connectivity index (χ1) is 16.1. The predicted molar refractivity (Wildman–Crippen MR) is 128 cm³/mol. The molecular weight excluding hydrogens is 440 g/mol. The highest BCUT2D eigenvalue weighted by atomic mass is 16.6. The minimum atomic E-state index is -1.23. The van der Waals surface area contributed by atoms with Gasteiger partial charge in [-0.05, 0) is 44.4 Å². The molecule has 3 aromatic carbocycles. The lowest BCUT2D eigenvalue weighted by Crippen LogP contribution is -2.27. The molecule has 3 aromatic rings. The van der Waals surface area contributed by atoms with Crippen LogP contribution in [-0.2, 0) is 4.74 Å². The Morgan fingerprint density at radius 3 is 2.18 bits per heavy atom. The Morgan fingerprint density at radius 2 is 1.56 bits per heavy atom. The van der Waals surface area contributed by atoms with Crippen LogP contribution in [0.5, 0.6) is 11.5 Å². The van der Waals surface area contributed by atoms with Gasteiger partial charge in [0.15, 0.2) is 5.75 Å². The number of fused-ring (bicyclic) bond motifs is 1. The van der Waals surface area contributed by atoms with Crippen LogP contribution in [0, 0.1) is 0 Å². The second-order valence-corrected chi connectivity index (χ2v) is 8.32. The number of rotatable bonds is 6. The highest BCUT2D eigenvalue weighted by Crippen LogP contribution is 2.38. The van der Waals surface area contributed by atoms with E-state index >= 15 is 0 Å². The van der Waals surface area contributed by atoms with Crippen LogP contribution in [0.3, 0.4) is 0 Å². The molecule has 0 saturated heterocycles. The third-order valence-corrected chi connectivity index (χ3v) is 4.79. The number of carboxylic acid groups (broad SMARTS) is 1. The monoisotopic (exact) mass is 466 g/mol. The molecule has 0 heterocycles. The zero-order valence-electron chi connectivity index (χ0n) is 19.5. The molecule has 0 radical (unpaired) electrons. The van der Waals surface area contributed by atoms with Crippen LogP contribution in [0.4, 0.5) is 16.2 Å². The van der Waals surface area contributed by atoms with Gasteiger partial charge in [0.2, 0.25) is 0 Å². The smallest absolute Gasteiger partial charge is 0.412 e. The van der Waals surface area contributed by atoms with Crippen molar-refractivity contribution in [3.63, 3.8) is 0 Å². The lowest BCUT2D eigenvalue weighted by atomic mass is 10.0. The van der Waals surface area contributed by atoms with Gasteiger partial charge in [-0.3, -0.25) is 10.1 Å². The van der Waals surface area contributed by atoms with E-state index in [1.807, 2.05) is 0 Å². The zero-order valence-corrected chi connectivity index (χ0v) is 19.5. The summed E-state index contributed by atoms with van der Waals surface area (Å²) < 4.78 is 16.1. The van der Waals surface area contributed by atoms with Crippen LogP contribution in [0.15, 0.2) is 48.5 Å². The minimum Gasteiger partial charge on any atom is -0.495 e. The van der Waals surface area contributed by atoms with E-state index in [9.17, 15) is 19.5 Å². The van der Waals surface area contributed by atoms with Crippen molar-refractivity contribution < 1.29 is 33.7 Å². The summed E-state index contributed by atoms with van der Waals surface area (Å²) >= 11 is 0. The Labute approximate surface area is 196 Å². The highest BCUT2D eigenvalue weighted by Gasteiger charge is 2.25. The van der Waals surface area contributed by atoms with Gasteiger partial charge in [0.05, 0.1) is 36.7 Å². The summed E-state index contributed by atoms with van der Waals surface area (Å²) in [6.07, 6.45) is -0.716. The number of carbonyl (C=O) groups excluding carboxylic acids is 2. The summed E-state index contributed by atoms with van der Waals surface area (Å²) in [5, 5.41) is 16.1. The molecule has 178 valence electrons. The molecule has 34 heavy (non-hydrogen) atoms. The summed E-state index contributed by atoms with van der Waals surface area (Å²) in [5.41, 5.74) is -0.550. The topological polar surface area (TPSA) is 123 Å². The van der Waals surface area contributed by atoms with Crippen LogP contribution in [0.2, 0.25) is 0 Å². The maximum atomic E-state index is 13.4. The number of hydrogen-bond donors (Lipinski definition) is 3. The lowest BCUT2D eigenvalue weighted by molar-refractivity contribution is 0.0633. The zero-order chi connectivity index (χ0) is 25.0. The SMILES string of the molecule is COc1cccc(C(=O)O)c1NC(=O)c1cc2ccccc2c(NC(=O)OC(C)(C)C)c1OC. The molecule has 2 amide bonds. The number of benzene rings is 3. The Bertz CT molecular complexity index is 1260. The molecule has 0 spiro atoms. The highest BCUT2D eigenvalue weighted by molar-refractivity contribution is 6.15. The first-order valence-electron chi connectivity index (χ1n) is 10.4. The van der Waals surface area contributed by atoms with Crippen LogP contribution >= 0.6 is 0 Å². The van der Waals surface area contributed by atoms with E-state index < -0.39 is 23.6 Å². The van der Waals surface area contributed by atoms with Crippen LogP contribution in [0.1, 0.15) is 41.5 Å². The van der Waals surface area contributed by atoms with Crippen LogP contribution in [-0.4, -0.2) is 42.9 Å². The summed E-state index contributed by atoms with van der Waals surface area (Å²) in [7, 11) is 2.74. The maximum Gasteiger partial charge on any atom is 0.412 e. The van der Waals surface area contributed by atoms with E-state index in [0.717, 1.165) is 0 Å². The quantitative estimate of drug-likeness (QED) is 0.459. The fraction of sp³-hybridized carbons (Fsp3) is 0.240. The number of para-hydroxylation sites is 1. The number of amides is 2. The Balaban J connectivity index is 2.13. The third-order valence-electron chi connectivity index (χ3n) is 4.79. The van der Waals surface area contributed by atoms with Gasteiger partial charge >= 0.3 is 12.1 Å². The van der Waals surface area contributed by atoms with E-state index in [-0.39, 0.29) is 34.0 Å². The van der Waals surface area contributed by atoms with Crippen molar-refractivity contribution in [2.75, 3.05) is 24.9 Å². The molecule has 0 aliphatic rings. The van der Waals surface area contributed by atoms with Crippen LogP contribution in [0.25, 0.3) is 10.8 Å². The largest absolute Gasteiger partial charge is 0.495 e. The second kappa shape index (κ2) is 9.70. The number of nitrogens with one attached hydrogen (secondary N) is 2. The number of aromatic carboxylic acids is 1. The molecule has 0 atom stereocenters. The van der Waals surface area contributed by atoms with Crippen molar-refractivity contribution in [3.8, 4) is 11.5 Å². The first kappa shape index (κ1) is 24.4. The van der Waals surface area contributed by atoms with Crippen molar-refractivity contribution in [1.82, 2.24) is 0 Å². The molecule has 0 aromatic heterocycles. The molecule has 0 unspecified atom stereocenters. The molecule has 9 nitrogen and oxygen atoms in total. The molecule has 3 rings (SSSR count). The van der Waals surface area contributed by atoms with Crippen LogP contribution < -0.4 is 20.1 Å². The van der Waals surface area contributed by atoms with Gasteiger partial charge in [-0.15, -0.1) is 0 Å². The van der Waals surface area contributed by atoms with Gasteiger partial charge in [-0.25, -0.2) is 9.59 Å². The lowest BCUT2D eigenvalue weighted by Gasteiger charge is -2.22. The predicted octanol–water partition coefficient (Wildman–Crippen LogP) is 5.15. The molecule has 0 aliphatic heterocycles. The van der Waals surface area contributed by atoms with E-state index in [1.54, 1.807) is 51.1 Å². The van der Waals surface area contributed by atoms with Gasteiger partial charge in [-0.2, -0.15) is 0 Å². The number of carbonyl (C=O) groups is 3. The third kappa shape index (κ3) is 5.20. The van der Waals surface area contributed by atoms with Gasteiger partial charge in [0.1, 0.15) is 11.4 Å². The number of anilines is 2. The standard InChI is InChI=1S/C25H26N2O7/c1-25(2,3)34-24(31)27-20-15-10-7-6-9-14(15)13-17(21(20)33-5)22(28)26-19-16(23(29)30)11-8-12-18(19)32-4/h6-13H,1-5H3,(H,26,28)(H,27,31)(H,29,30). The van der Waals surface area contributed by atoms with Gasteiger partial charge in [-0.1, -0.05) is 30.3 Å². The maximum absolute atomic E-state index is 13.4. The molecule has 0 fully saturated rings. The van der Waals surface area contributed by atoms with E-state index in [1.165, 1.54) is 32.4 Å². The normalized spacial score (nSPS) is 11.0. The molecular formula is C25H26N2O7. The summed E-state index contributed by atoms with van der Waals surface area (Å²) in [6, 6.07) is 13.1. The molecule has 0 bridgehead atoms. The summed E-state index contributed by atoms with van der Waals surface area (Å²) in [4.78, 5) is 37.6. The fourth-order valence-electron chi connectivity index (χ4n) is 3.43. The van der Waals surface area contributed by atoms with E-state index in [2.05, 4.69) is 10.6 Å². The van der Waals surface area contributed by atoms with Gasteiger partial charge < -0.3 is 24.6 Å². The Hall–Kier alpha value is -4.27. The molecule has 0 saturated carbocycles. The summed E-state index contributed by atoms with van der Waals surface area (Å²) in [6.45, 7) is 5.21. The minimum absolute atomic E-state index is 0.000590. The average Bonchev–Trinajstić information content (AvgIpc) is 2.77. The molecule has 3 N–H and O–H groups in total. The van der Waals surface area contributed by atoms with Crippen molar-refractivity contribution in [2.24, 2.45) is 0 Å². The Morgan fingerprint density at radius 1 is 0.853 bits per heavy atom. The van der Waals surface area contributed by atoms with Crippen molar-refractivity contribution >= 4 is 40.1 Å². The number of ether oxygens (including phenoxy) is 3. The first-order valence-corrected chi connectivity index (χ1v) is 10.4. The van der Waals surface area contributed by atoms with Gasteiger partial charge in [0, 0.05) is 5.39 Å². The van der Waals surface area contributed by atoms with Crippen molar-refractivity contribution in [3.05, 3.63) is 59.7 Å². The van der Waals surface area contributed by atoms with Gasteiger partial charge in [0.25, 0.3) is 5.91 Å². The Kier molecular flexibility index (Phi) is 6.95. The number of carboxylic acids is 1. The van der Waals surface area contributed by atoms with E-state index in [0.29, 0.717) is 10.8 Å². The average molecular weight is 466 g/mol. The molecule has 9 heteroatoms. The van der Waals surface area contributed by atoms with E-state index in [4.69, 9.17) is 14.2 Å². The second-order valence-electron chi connectivity index (χ2n) is 8.32.